The second-order valence-corrected chi connectivity index (χ2v) is 3.03. The van der Waals surface area contributed by atoms with Crippen molar-refractivity contribution in [2.75, 3.05) is 13.2 Å². The zero-order chi connectivity index (χ0) is 7.68. The van der Waals surface area contributed by atoms with Gasteiger partial charge in [0.05, 0.1) is 13.2 Å². The van der Waals surface area contributed by atoms with Gasteiger partial charge in [0.15, 0.2) is 0 Å². The molecule has 0 aliphatic carbocycles. The Kier molecular flexibility index (Phi) is 1.66. The lowest BCUT2D eigenvalue weighted by atomic mass is 9.92. The first kappa shape index (κ1) is 6.86. The van der Waals surface area contributed by atoms with Crippen LogP contribution >= 0.6 is 0 Å². The summed E-state index contributed by atoms with van der Waals surface area (Å²) in [7, 11) is 2.07. The van der Waals surface area contributed by atoms with Crippen LogP contribution < -0.4 is 5.46 Å². The molecule has 1 aromatic rings. The van der Waals surface area contributed by atoms with Crippen LogP contribution in [-0.4, -0.2) is 26.0 Å². The summed E-state index contributed by atoms with van der Waals surface area (Å²) >= 11 is 0. The molecule has 11 heavy (non-hydrogen) atoms. The quantitative estimate of drug-likeness (QED) is 0.497. The first-order valence-electron chi connectivity index (χ1n) is 3.85. The summed E-state index contributed by atoms with van der Waals surface area (Å²) in [4.78, 5) is 4.13. The van der Waals surface area contributed by atoms with Crippen molar-refractivity contribution in [2.24, 2.45) is 0 Å². The fourth-order valence-corrected chi connectivity index (χ4v) is 1.23. The third-order valence-electron chi connectivity index (χ3n) is 2.01. The Morgan fingerprint density at radius 3 is 2.82 bits per heavy atom. The summed E-state index contributed by atoms with van der Waals surface area (Å²) in [6.45, 7) is 1.73. The molecule has 0 saturated carbocycles. The van der Waals surface area contributed by atoms with Crippen molar-refractivity contribution in [1.29, 1.82) is 0 Å². The van der Waals surface area contributed by atoms with Gasteiger partial charge in [0, 0.05) is 18.3 Å². The van der Waals surface area contributed by atoms with Crippen LogP contribution in [0.4, 0.5) is 0 Å². The third kappa shape index (κ3) is 1.28. The number of hydrogen-bond donors (Lipinski definition) is 0. The van der Waals surface area contributed by atoms with E-state index in [4.69, 9.17) is 4.74 Å². The van der Waals surface area contributed by atoms with Crippen LogP contribution in [0.25, 0.3) is 0 Å². The van der Waals surface area contributed by atoms with Gasteiger partial charge in [-0.2, -0.15) is 0 Å². The van der Waals surface area contributed by atoms with Crippen molar-refractivity contribution >= 4 is 13.3 Å². The molecule has 1 fully saturated rings. The second-order valence-electron chi connectivity index (χ2n) is 3.03. The van der Waals surface area contributed by atoms with Gasteiger partial charge in [-0.3, -0.25) is 4.98 Å². The summed E-state index contributed by atoms with van der Waals surface area (Å²) in [5, 5.41) is 0. The zero-order valence-electron chi connectivity index (χ0n) is 6.58. The van der Waals surface area contributed by atoms with Gasteiger partial charge in [0.25, 0.3) is 0 Å². The average molecular weight is 147 g/mol. The van der Waals surface area contributed by atoms with E-state index < -0.39 is 0 Å². The molecular weight excluding hydrogens is 137 g/mol. The van der Waals surface area contributed by atoms with E-state index in [1.165, 1.54) is 11.0 Å². The number of hydrogen-bond acceptors (Lipinski definition) is 2. The highest BCUT2D eigenvalue weighted by Gasteiger charge is 2.20. The van der Waals surface area contributed by atoms with Crippen LogP contribution in [0.5, 0.6) is 0 Å². The Bertz CT molecular complexity index is 260. The minimum atomic E-state index is 0.599. The second kappa shape index (κ2) is 2.66. The van der Waals surface area contributed by atoms with Gasteiger partial charge >= 0.3 is 0 Å². The SMILES string of the molecule is Bc1cncc(C2COC2)c1. The Morgan fingerprint density at radius 1 is 1.45 bits per heavy atom. The highest BCUT2D eigenvalue weighted by atomic mass is 16.5. The van der Waals surface area contributed by atoms with Crippen LogP contribution in [0.15, 0.2) is 18.5 Å². The Balaban J connectivity index is 2.23. The van der Waals surface area contributed by atoms with Gasteiger partial charge in [0.2, 0.25) is 0 Å². The van der Waals surface area contributed by atoms with Gasteiger partial charge in [0.1, 0.15) is 7.85 Å². The lowest BCUT2D eigenvalue weighted by Crippen LogP contribution is -2.26. The molecule has 2 rings (SSSR count). The van der Waals surface area contributed by atoms with Gasteiger partial charge in [-0.1, -0.05) is 11.5 Å². The molecule has 0 aromatic carbocycles. The fraction of sp³-hybridized carbons (Fsp3) is 0.375. The summed E-state index contributed by atoms with van der Waals surface area (Å²) in [6.07, 6.45) is 3.81. The minimum absolute atomic E-state index is 0.599. The van der Waals surface area contributed by atoms with Crippen LogP contribution in [0.1, 0.15) is 11.5 Å². The molecule has 1 aromatic heterocycles. The number of rotatable bonds is 1. The summed E-state index contributed by atoms with van der Waals surface area (Å²) in [6, 6.07) is 2.18. The van der Waals surface area contributed by atoms with Crippen molar-refractivity contribution in [1.82, 2.24) is 4.98 Å². The summed E-state index contributed by atoms with van der Waals surface area (Å²) in [5.41, 5.74) is 2.55. The van der Waals surface area contributed by atoms with E-state index in [9.17, 15) is 0 Å². The molecule has 0 radical (unpaired) electrons. The molecule has 0 bridgehead atoms. The van der Waals surface area contributed by atoms with E-state index in [2.05, 4.69) is 18.9 Å². The average Bonchev–Trinajstić information content (AvgIpc) is 1.83. The van der Waals surface area contributed by atoms with E-state index in [1.54, 1.807) is 0 Å². The predicted molar refractivity (Wildman–Crippen MR) is 46.0 cm³/mol. The van der Waals surface area contributed by atoms with Crippen LogP contribution in [0.2, 0.25) is 0 Å². The highest BCUT2D eigenvalue weighted by molar-refractivity contribution is 6.32. The van der Waals surface area contributed by atoms with E-state index in [-0.39, 0.29) is 0 Å². The van der Waals surface area contributed by atoms with Crippen molar-refractivity contribution in [3.63, 3.8) is 0 Å². The Hall–Kier alpha value is -0.825. The molecule has 56 valence electrons. The molecule has 0 amide bonds. The van der Waals surface area contributed by atoms with Crippen molar-refractivity contribution < 1.29 is 4.74 Å². The zero-order valence-corrected chi connectivity index (χ0v) is 6.58. The summed E-state index contributed by atoms with van der Waals surface area (Å²) < 4.78 is 5.10. The molecule has 1 aliphatic rings. The monoisotopic (exact) mass is 147 g/mol. The first-order chi connectivity index (χ1) is 5.36. The first-order valence-corrected chi connectivity index (χ1v) is 3.85. The molecule has 3 heteroatoms. The molecule has 0 N–H and O–H groups in total. The van der Waals surface area contributed by atoms with Crippen LogP contribution in [0.3, 0.4) is 0 Å². The van der Waals surface area contributed by atoms with Gasteiger partial charge in [-0.25, -0.2) is 0 Å². The van der Waals surface area contributed by atoms with Crippen molar-refractivity contribution in [3.8, 4) is 0 Å². The number of ether oxygens (including phenoxy) is 1. The minimum Gasteiger partial charge on any atom is -0.380 e. The molecule has 0 spiro atoms. The van der Waals surface area contributed by atoms with Crippen LogP contribution in [0, 0.1) is 0 Å². The van der Waals surface area contributed by atoms with E-state index >= 15 is 0 Å². The van der Waals surface area contributed by atoms with E-state index in [0.717, 1.165) is 13.2 Å². The lowest BCUT2D eigenvalue weighted by Gasteiger charge is -2.26. The Labute approximate surface area is 67.0 Å². The molecule has 0 atom stereocenters. The maximum Gasteiger partial charge on any atom is 0.141 e. The maximum atomic E-state index is 5.10. The smallest absolute Gasteiger partial charge is 0.141 e. The molecule has 1 aliphatic heterocycles. The molecule has 0 unspecified atom stereocenters. The van der Waals surface area contributed by atoms with Crippen molar-refractivity contribution in [2.45, 2.75) is 5.92 Å². The largest absolute Gasteiger partial charge is 0.380 e. The van der Waals surface area contributed by atoms with Crippen molar-refractivity contribution in [3.05, 3.63) is 24.0 Å². The van der Waals surface area contributed by atoms with Crippen LogP contribution in [-0.2, 0) is 4.74 Å². The molecule has 2 nitrogen and oxygen atoms in total. The fourth-order valence-electron chi connectivity index (χ4n) is 1.23. The third-order valence-corrected chi connectivity index (χ3v) is 2.01. The van der Waals surface area contributed by atoms with E-state index in [0.29, 0.717) is 5.92 Å². The van der Waals surface area contributed by atoms with Gasteiger partial charge in [-0.05, 0) is 5.56 Å². The topological polar surface area (TPSA) is 22.1 Å². The summed E-state index contributed by atoms with van der Waals surface area (Å²) in [5.74, 6) is 0.599. The number of nitrogens with zero attached hydrogens (tertiary/aromatic N) is 1. The number of aromatic nitrogens is 1. The molecular formula is C8H10BNO. The highest BCUT2D eigenvalue weighted by Crippen LogP contribution is 2.21. The number of pyridine rings is 1. The molecule has 1 saturated heterocycles. The van der Waals surface area contributed by atoms with E-state index in [1.807, 2.05) is 12.4 Å². The van der Waals surface area contributed by atoms with Gasteiger partial charge < -0.3 is 4.74 Å². The predicted octanol–water partition coefficient (Wildman–Crippen LogP) is -0.546. The van der Waals surface area contributed by atoms with Gasteiger partial charge in [-0.15, -0.1) is 0 Å². The normalized spacial score (nSPS) is 17.8. The Morgan fingerprint density at radius 2 is 2.27 bits per heavy atom. The standard InChI is InChI=1S/C8H10BNO/c9-8-1-6(2-10-3-8)7-4-11-5-7/h1-3,7H,4-5,9H2. The lowest BCUT2D eigenvalue weighted by molar-refractivity contribution is 0.00832. The maximum absolute atomic E-state index is 5.10. The molecule has 2 heterocycles.